The number of thiol groups is 1. The molecule has 0 aromatic heterocycles. The molecule has 21 heavy (non-hydrogen) atoms. The first-order valence-electron chi connectivity index (χ1n) is 6.39. The van der Waals surface area contributed by atoms with E-state index in [9.17, 15) is 19.2 Å². The molecule has 0 bridgehead atoms. The van der Waals surface area contributed by atoms with E-state index in [4.69, 9.17) is 10.8 Å². The molecule has 3 amide bonds. The topological polar surface area (TPSA) is 139 Å². The molecule has 0 radical (unpaired) electrons. The van der Waals surface area contributed by atoms with Crippen LogP contribution in [0.15, 0.2) is 0 Å². The number of aliphatic carboxylic acids is 1. The van der Waals surface area contributed by atoms with Crippen molar-refractivity contribution < 1.29 is 24.3 Å². The summed E-state index contributed by atoms with van der Waals surface area (Å²) in [6.07, 6.45) is -0.278. The van der Waals surface area contributed by atoms with Gasteiger partial charge in [-0.3, -0.25) is 19.2 Å². The Labute approximate surface area is 128 Å². The van der Waals surface area contributed by atoms with Gasteiger partial charge in [0.15, 0.2) is 0 Å². The van der Waals surface area contributed by atoms with Crippen LogP contribution in [0.1, 0.15) is 26.7 Å². The van der Waals surface area contributed by atoms with Gasteiger partial charge in [0.25, 0.3) is 0 Å². The number of primary amides is 1. The molecule has 0 aliphatic heterocycles. The molecule has 0 aromatic carbocycles. The number of amides is 3. The second-order valence-corrected chi connectivity index (χ2v) is 5.29. The summed E-state index contributed by atoms with van der Waals surface area (Å²) in [5.41, 5.74) is 5.05. The molecule has 0 saturated carbocycles. The number of carboxylic acids is 1. The van der Waals surface area contributed by atoms with Crippen molar-refractivity contribution >= 4 is 36.3 Å². The lowest BCUT2D eigenvalue weighted by atomic mass is 10.0. The summed E-state index contributed by atoms with van der Waals surface area (Å²) in [4.78, 5) is 45.2. The van der Waals surface area contributed by atoms with Crippen LogP contribution >= 0.6 is 12.6 Å². The van der Waals surface area contributed by atoms with E-state index in [1.54, 1.807) is 0 Å². The molecule has 0 aliphatic rings. The number of nitrogens with two attached hydrogens (primary N) is 1. The monoisotopic (exact) mass is 319 g/mol. The van der Waals surface area contributed by atoms with Crippen molar-refractivity contribution in [2.75, 3.05) is 5.75 Å². The fourth-order valence-corrected chi connectivity index (χ4v) is 1.70. The Hall–Kier alpha value is -1.77. The quantitative estimate of drug-likeness (QED) is 0.343. The zero-order chi connectivity index (χ0) is 16.6. The zero-order valence-corrected chi connectivity index (χ0v) is 12.9. The highest BCUT2D eigenvalue weighted by Gasteiger charge is 2.27. The molecule has 8 nitrogen and oxygen atoms in total. The van der Waals surface area contributed by atoms with Crippen LogP contribution < -0.4 is 16.4 Å². The van der Waals surface area contributed by atoms with Crippen LogP contribution in [0, 0.1) is 5.92 Å². The first-order chi connectivity index (χ1) is 9.67. The number of carbonyl (C=O) groups excluding carboxylic acids is 3. The second-order valence-electron chi connectivity index (χ2n) is 4.97. The van der Waals surface area contributed by atoms with Crippen LogP contribution in [0.25, 0.3) is 0 Å². The van der Waals surface area contributed by atoms with Crippen molar-refractivity contribution in [1.82, 2.24) is 10.6 Å². The highest BCUT2D eigenvalue weighted by Crippen LogP contribution is 2.06. The largest absolute Gasteiger partial charge is 0.481 e. The van der Waals surface area contributed by atoms with E-state index in [-0.39, 0.29) is 11.7 Å². The second kappa shape index (κ2) is 9.22. The van der Waals surface area contributed by atoms with E-state index in [0.717, 1.165) is 0 Å². The summed E-state index contributed by atoms with van der Waals surface area (Å²) in [6, 6.07) is -2.20. The average Bonchev–Trinajstić information content (AvgIpc) is 2.35. The van der Waals surface area contributed by atoms with Crippen molar-refractivity contribution in [2.24, 2.45) is 11.7 Å². The third-order valence-electron chi connectivity index (χ3n) is 2.54. The Kier molecular flexibility index (Phi) is 8.44. The van der Waals surface area contributed by atoms with Gasteiger partial charge in [-0.2, -0.15) is 12.6 Å². The van der Waals surface area contributed by atoms with Crippen molar-refractivity contribution in [3.63, 3.8) is 0 Å². The highest BCUT2D eigenvalue weighted by atomic mass is 32.1. The Bertz CT molecular complexity index is 414. The van der Waals surface area contributed by atoms with E-state index in [1.807, 2.05) is 13.8 Å². The fraction of sp³-hybridized carbons (Fsp3) is 0.667. The van der Waals surface area contributed by atoms with E-state index in [2.05, 4.69) is 23.3 Å². The molecule has 0 unspecified atom stereocenters. The molecule has 0 fully saturated rings. The van der Waals surface area contributed by atoms with Gasteiger partial charge in [0.1, 0.15) is 12.1 Å². The Morgan fingerprint density at radius 1 is 1.14 bits per heavy atom. The number of rotatable bonds is 9. The van der Waals surface area contributed by atoms with Gasteiger partial charge in [-0.25, -0.2) is 0 Å². The minimum Gasteiger partial charge on any atom is -0.481 e. The van der Waals surface area contributed by atoms with Gasteiger partial charge in [0.05, 0.1) is 12.2 Å². The van der Waals surface area contributed by atoms with Crippen molar-refractivity contribution in [2.45, 2.75) is 38.8 Å². The van der Waals surface area contributed by atoms with Gasteiger partial charge in [-0.1, -0.05) is 13.8 Å². The third kappa shape index (κ3) is 8.18. The molecule has 0 aromatic rings. The zero-order valence-electron chi connectivity index (χ0n) is 12.0. The molecule has 0 spiro atoms. The van der Waals surface area contributed by atoms with Crippen LogP contribution in [0.5, 0.6) is 0 Å². The lowest BCUT2D eigenvalue weighted by Gasteiger charge is -2.22. The van der Waals surface area contributed by atoms with E-state index < -0.39 is 42.2 Å². The van der Waals surface area contributed by atoms with Crippen LogP contribution in [0.3, 0.4) is 0 Å². The minimum atomic E-state index is -1.32. The van der Waals surface area contributed by atoms with Gasteiger partial charge in [-0.15, -0.1) is 0 Å². The Morgan fingerprint density at radius 3 is 2.10 bits per heavy atom. The summed E-state index contributed by atoms with van der Waals surface area (Å²) in [7, 11) is 0. The van der Waals surface area contributed by atoms with Gasteiger partial charge in [-0.05, 0) is 12.3 Å². The predicted octanol–water partition coefficient (Wildman–Crippen LogP) is -1.11. The summed E-state index contributed by atoms with van der Waals surface area (Å²) in [5, 5.41) is 13.4. The maximum atomic E-state index is 12.1. The third-order valence-corrected chi connectivity index (χ3v) is 2.83. The van der Waals surface area contributed by atoms with Gasteiger partial charge < -0.3 is 21.5 Å². The molecule has 2 atom stereocenters. The standard InChI is InChI=1S/C12H21N3O5S/c1-6(2)3-8(14-9(16)5-21)12(20)15-7(11(13)19)4-10(17)18/h6-8,21H,3-5H2,1-2H3,(H2,13,19)(H,14,16)(H,15,20)(H,17,18)/t7-,8-/m0/s1. The number of carbonyl (C=O) groups is 4. The lowest BCUT2D eigenvalue weighted by Crippen LogP contribution is -2.54. The minimum absolute atomic E-state index is 0.0871. The average molecular weight is 319 g/mol. The lowest BCUT2D eigenvalue weighted by molar-refractivity contribution is -0.140. The number of hydrogen-bond acceptors (Lipinski definition) is 5. The first kappa shape index (κ1) is 19.2. The van der Waals surface area contributed by atoms with Crippen molar-refractivity contribution in [3.8, 4) is 0 Å². The molecule has 0 saturated heterocycles. The Morgan fingerprint density at radius 2 is 1.71 bits per heavy atom. The van der Waals surface area contributed by atoms with Gasteiger partial charge >= 0.3 is 5.97 Å². The molecule has 9 heteroatoms. The number of hydrogen-bond donors (Lipinski definition) is 5. The summed E-state index contributed by atoms with van der Waals surface area (Å²) in [6.45, 7) is 3.71. The smallest absolute Gasteiger partial charge is 0.305 e. The van der Waals surface area contributed by atoms with E-state index >= 15 is 0 Å². The summed E-state index contributed by atoms with van der Waals surface area (Å²) in [5.74, 6) is -3.28. The number of nitrogens with one attached hydrogen (secondary N) is 2. The maximum absolute atomic E-state index is 12.1. The predicted molar refractivity (Wildman–Crippen MR) is 78.6 cm³/mol. The molecular formula is C12H21N3O5S. The van der Waals surface area contributed by atoms with Gasteiger partial charge in [0.2, 0.25) is 17.7 Å². The molecule has 0 rings (SSSR count). The molecule has 120 valence electrons. The fourth-order valence-electron chi connectivity index (χ4n) is 1.61. The van der Waals surface area contributed by atoms with E-state index in [1.165, 1.54) is 0 Å². The summed E-state index contributed by atoms with van der Waals surface area (Å²) < 4.78 is 0. The highest BCUT2D eigenvalue weighted by molar-refractivity contribution is 7.81. The maximum Gasteiger partial charge on any atom is 0.305 e. The van der Waals surface area contributed by atoms with Crippen LogP contribution in [-0.2, 0) is 19.2 Å². The van der Waals surface area contributed by atoms with Crippen LogP contribution in [0.4, 0.5) is 0 Å². The number of carboxylic acid groups (broad SMARTS) is 1. The van der Waals surface area contributed by atoms with Gasteiger partial charge in [0, 0.05) is 0 Å². The van der Waals surface area contributed by atoms with Crippen molar-refractivity contribution in [1.29, 1.82) is 0 Å². The first-order valence-corrected chi connectivity index (χ1v) is 7.02. The Balaban J connectivity index is 4.87. The van der Waals surface area contributed by atoms with Crippen LogP contribution in [-0.4, -0.2) is 46.6 Å². The van der Waals surface area contributed by atoms with E-state index in [0.29, 0.717) is 6.42 Å². The molecule has 0 heterocycles. The molecule has 5 N–H and O–H groups in total. The SMILES string of the molecule is CC(C)C[C@H](NC(=O)CS)C(=O)N[C@@H](CC(=O)O)C(N)=O. The molecule has 0 aliphatic carbocycles. The summed E-state index contributed by atoms with van der Waals surface area (Å²) >= 11 is 3.80. The molecular weight excluding hydrogens is 298 g/mol. The normalized spacial score (nSPS) is 13.3. The van der Waals surface area contributed by atoms with Crippen LogP contribution in [0.2, 0.25) is 0 Å². The van der Waals surface area contributed by atoms with Crippen molar-refractivity contribution in [3.05, 3.63) is 0 Å².